The lowest BCUT2D eigenvalue weighted by Crippen LogP contribution is -1.88. The van der Waals surface area contributed by atoms with Crippen molar-refractivity contribution in [2.75, 3.05) is 5.73 Å². The van der Waals surface area contributed by atoms with Gasteiger partial charge in [0.15, 0.2) is 5.82 Å². The molecule has 4 aromatic rings. The van der Waals surface area contributed by atoms with E-state index >= 15 is 0 Å². The van der Waals surface area contributed by atoms with Crippen LogP contribution in [0.3, 0.4) is 0 Å². The minimum Gasteiger partial charge on any atom is -0.464 e. The Balaban J connectivity index is 1.98. The molecule has 3 N–H and O–H groups in total. The Bertz CT molecular complexity index is 908. The molecular weight excluding hydrogens is 264 g/mol. The van der Waals surface area contributed by atoms with Crippen LogP contribution in [-0.2, 0) is 0 Å². The van der Waals surface area contributed by atoms with Crippen LogP contribution in [0.25, 0.3) is 33.4 Å². The van der Waals surface area contributed by atoms with Gasteiger partial charge in [0.05, 0.1) is 11.3 Å². The van der Waals surface area contributed by atoms with E-state index < -0.39 is 0 Å². The summed E-state index contributed by atoms with van der Waals surface area (Å²) in [6.07, 6.45) is 5.19. The van der Waals surface area contributed by atoms with E-state index in [-0.39, 0.29) is 0 Å². The zero-order valence-corrected chi connectivity index (χ0v) is 11.1. The maximum absolute atomic E-state index is 6.03. The predicted octanol–water partition coefficient (Wildman–Crippen LogP) is 3.47. The number of nitrogens with zero attached hydrogens (tertiary/aromatic N) is 2. The van der Waals surface area contributed by atoms with Crippen LogP contribution in [0.15, 0.2) is 59.5 Å². The molecule has 0 atom stereocenters. The quantitative estimate of drug-likeness (QED) is 0.587. The Hall–Kier alpha value is -3.08. The Labute approximate surface area is 120 Å². The Morgan fingerprint density at radius 1 is 1.05 bits per heavy atom. The van der Waals surface area contributed by atoms with Gasteiger partial charge in [0.25, 0.3) is 0 Å². The number of hydrogen-bond donors (Lipinski definition) is 2. The molecule has 102 valence electrons. The predicted molar refractivity (Wildman–Crippen MR) is 81.4 cm³/mol. The highest BCUT2D eigenvalue weighted by molar-refractivity contribution is 5.99. The average Bonchev–Trinajstić information content (AvgIpc) is 3.11. The van der Waals surface area contributed by atoms with Gasteiger partial charge in [-0.25, -0.2) is 0 Å². The van der Waals surface area contributed by atoms with E-state index in [2.05, 4.69) is 15.2 Å². The van der Waals surface area contributed by atoms with E-state index in [0.29, 0.717) is 5.82 Å². The number of aromatic nitrogens is 3. The zero-order valence-electron chi connectivity index (χ0n) is 11.1. The molecule has 3 aromatic heterocycles. The number of H-pyrrole nitrogens is 1. The summed E-state index contributed by atoms with van der Waals surface area (Å²) in [5.41, 5.74) is 10.5. The summed E-state index contributed by atoms with van der Waals surface area (Å²) in [5.74, 6) is 0.460. The Morgan fingerprint density at radius 3 is 2.71 bits per heavy atom. The normalized spacial score (nSPS) is 11.0. The number of nitrogen functional groups attached to an aromatic ring is 1. The van der Waals surface area contributed by atoms with Gasteiger partial charge < -0.3 is 10.2 Å². The number of aromatic amines is 1. The third kappa shape index (κ3) is 1.79. The van der Waals surface area contributed by atoms with Crippen LogP contribution in [0.1, 0.15) is 0 Å². The van der Waals surface area contributed by atoms with Crippen LogP contribution in [0.5, 0.6) is 0 Å². The fraction of sp³-hybridized carbons (Fsp3) is 0. The van der Waals surface area contributed by atoms with Gasteiger partial charge in [-0.05, 0) is 23.8 Å². The maximum Gasteiger partial charge on any atom is 0.153 e. The number of rotatable bonds is 2. The first-order chi connectivity index (χ1) is 10.3. The lowest BCUT2D eigenvalue weighted by molar-refractivity contribution is 0.617. The lowest BCUT2D eigenvalue weighted by atomic mass is 10.0. The van der Waals surface area contributed by atoms with Crippen LogP contribution in [0, 0.1) is 0 Å². The second-order valence-corrected chi connectivity index (χ2v) is 4.74. The van der Waals surface area contributed by atoms with Gasteiger partial charge in [0.2, 0.25) is 0 Å². The van der Waals surface area contributed by atoms with Gasteiger partial charge in [0, 0.05) is 23.3 Å². The van der Waals surface area contributed by atoms with Crippen LogP contribution < -0.4 is 5.73 Å². The molecule has 0 radical (unpaired) electrons. The van der Waals surface area contributed by atoms with E-state index in [9.17, 15) is 0 Å². The number of furan rings is 1. The molecule has 0 amide bonds. The molecule has 5 heteroatoms. The highest BCUT2D eigenvalue weighted by Crippen LogP contribution is 2.38. The van der Waals surface area contributed by atoms with Crippen molar-refractivity contribution < 1.29 is 4.42 Å². The van der Waals surface area contributed by atoms with Crippen molar-refractivity contribution in [3.8, 4) is 22.4 Å². The summed E-state index contributed by atoms with van der Waals surface area (Å²) in [7, 11) is 0. The van der Waals surface area contributed by atoms with Crippen molar-refractivity contribution in [1.29, 1.82) is 0 Å². The van der Waals surface area contributed by atoms with Crippen molar-refractivity contribution >= 4 is 16.8 Å². The summed E-state index contributed by atoms with van der Waals surface area (Å²) in [4.78, 5) is 4.04. The van der Waals surface area contributed by atoms with Gasteiger partial charge in [-0.15, -0.1) is 0 Å². The molecule has 0 saturated heterocycles. The van der Waals surface area contributed by atoms with Crippen LogP contribution in [-0.4, -0.2) is 15.2 Å². The number of benzene rings is 1. The molecule has 0 unspecified atom stereocenters. The fourth-order valence-corrected chi connectivity index (χ4v) is 2.53. The summed E-state index contributed by atoms with van der Waals surface area (Å²) in [6, 6.07) is 11.7. The summed E-state index contributed by atoms with van der Waals surface area (Å²) in [5, 5.41) is 8.18. The molecule has 0 aliphatic carbocycles. The van der Waals surface area contributed by atoms with Gasteiger partial charge in [-0.1, -0.05) is 18.2 Å². The van der Waals surface area contributed by atoms with Crippen LogP contribution >= 0.6 is 0 Å². The number of para-hydroxylation sites is 1. The molecule has 1 aromatic carbocycles. The van der Waals surface area contributed by atoms with Crippen molar-refractivity contribution in [3.63, 3.8) is 0 Å². The monoisotopic (exact) mass is 276 g/mol. The van der Waals surface area contributed by atoms with Crippen molar-refractivity contribution in [2.45, 2.75) is 0 Å². The SMILES string of the molecule is Nc1n[nH]c(-c2coc3ccccc23)c1-c1ccncc1. The zero-order chi connectivity index (χ0) is 14.2. The molecule has 3 heterocycles. The molecule has 0 spiro atoms. The van der Waals surface area contributed by atoms with E-state index in [1.54, 1.807) is 18.7 Å². The van der Waals surface area contributed by atoms with E-state index in [4.69, 9.17) is 10.2 Å². The summed E-state index contributed by atoms with van der Waals surface area (Å²) >= 11 is 0. The molecule has 0 bridgehead atoms. The third-order valence-electron chi connectivity index (χ3n) is 3.51. The second kappa shape index (κ2) is 4.49. The number of nitrogens with two attached hydrogens (primary N) is 1. The highest BCUT2D eigenvalue weighted by Gasteiger charge is 2.18. The fourth-order valence-electron chi connectivity index (χ4n) is 2.53. The number of hydrogen-bond acceptors (Lipinski definition) is 4. The molecule has 0 aliphatic rings. The molecular formula is C16H12N4O. The molecule has 4 rings (SSSR count). The van der Waals surface area contributed by atoms with E-state index in [0.717, 1.165) is 33.4 Å². The highest BCUT2D eigenvalue weighted by atomic mass is 16.3. The Morgan fingerprint density at radius 2 is 1.86 bits per heavy atom. The molecule has 5 nitrogen and oxygen atoms in total. The van der Waals surface area contributed by atoms with Crippen molar-refractivity contribution in [3.05, 3.63) is 55.1 Å². The number of anilines is 1. The summed E-state index contributed by atoms with van der Waals surface area (Å²) < 4.78 is 5.60. The van der Waals surface area contributed by atoms with Crippen molar-refractivity contribution in [1.82, 2.24) is 15.2 Å². The lowest BCUT2D eigenvalue weighted by Gasteiger charge is -2.02. The van der Waals surface area contributed by atoms with Gasteiger partial charge in [-0.3, -0.25) is 10.1 Å². The first-order valence-electron chi connectivity index (χ1n) is 6.55. The van der Waals surface area contributed by atoms with E-state index in [1.165, 1.54) is 0 Å². The summed E-state index contributed by atoms with van der Waals surface area (Å²) in [6.45, 7) is 0. The Kier molecular flexibility index (Phi) is 2.50. The number of fused-ring (bicyclic) bond motifs is 1. The topological polar surface area (TPSA) is 80.7 Å². The van der Waals surface area contributed by atoms with Crippen molar-refractivity contribution in [2.24, 2.45) is 0 Å². The average molecular weight is 276 g/mol. The number of nitrogens with one attached hydrogen (secondary N) is 1. The minimum absolute atomic E-state index is 0.460. The second-order valence-electron chi connectivity index (χ2n) is 4.74. The van der Waals surface area contributed by atoms with E-state index in [1.807, 2.05) is 36.4 Å². The smallest absolute Gasteiger partial charge is 0.153 e. The van der Waals surface area contributed by atoms with Crippen LogP contribution in [0.4, 0.5) is 5.82 Å². The molecule has 21 heavy (non-hydrogen) atoms. The molecule has 0 aliphatic heterocycles. The number of pyridine rings is 1. The largest absolute Gasteiger partial charge is 0.464 e. The maximum atomic E-state index is 6.03. The van der Waals surface area contributed by atoms with Gasteiger partial charge in [0.1, 0.15) is 11.8 Å². The standard InChI is InChI=1S/C16H12N4O/c17-16-14(10-5-7-18-8-6-10)15(19-20-16)12-9-21-13-4-2-1-3-11(12)13/h1-9H,(H3,17,19,20). The molecule has 0 saturated carbocycles. The first-order valence-corrected chi connectivity index (χ1v) is 6.55. The third-order valence-corrected chi connectivity index (χ3v) is 3.51. The minimum atomic E-state index is 0.460. The first kappa shape index (κ1) is 11.7. The van der Waals surface area contributed by atoms with Gasteiger partial charge >= 0.3 is 0 Å². The van der Waals surface area contributed by atoms with Gasteiger partial charge in [-0.2, -0.15) is 5.10 Å². The van der Waals surface area contributed by atoms with Crippen LogP contribution in [0.2, 0.25) is 0 Å². The molecule has 0 fully saturated rings.